The summed E-state index contributed by atoms with van der Waals surface area (Å²) in [6.45, 7) is 5.46. The van der Waals surface area contributed by atoms with Gasteiger partial charge in [-0.15, -0.1) is 0 Å². The average Bonchev–Trinajstić information content (AvgIpc) is 2.75. The minimum absolute atomic E-state index is 0.351. The fourth-order valence-corrected chi connectivity index (χ4v) is 2.31. The summed E-state index contributed by atoms with van der Waals surface area (Å²) in [5, 5.41) is 7.31. The van der Waals surface area contributed by atoms with Crippen molar-refractivity contribution in [3.05, 3.63) is 11.7 Å². The molecule has 1 fully saturated rings. The van der Waals surface area contributed by atoms with Crippen molar-refractivity contribution in [2.45, 2.75) is 58.3 Å². The highest BCUT2D eigenvalue weighted by atomic mass is 16.5. The summed E-state index contributed by atoms with van der Waals surface area (Å²) in [4.78, 5) is 4.12. The van der Waals surface area contributed by atoms with E-state index in [9.17, 15) is 0 Å². The highest BCUT2D eigenvalue weighted by Crippen LogP contribution is 2.21. The van der Waals surface area contributed by atoms with Gasteiger partial charge in [0.2, 0.25) is 5.89 Å². The average molecular weight is 239 g/mol. The molecule has 17 heavy (non-hydrogen) atoms. The fraction of sp³-hybridized carbons (Fsp3) is 0.833. The van der Waals surface area contributed by atoms with E-state index in [1.54, 1.807) is 6.92 Å². The standard InChI is InChI=1S/C12H21N3O2/c1-3-13-10-4-6-11(7-5-10)16-8-12-14-9(2)17-15-12/h10-11,13H,3-8H2,1-2H3. The third-order valence-electron chi connectivity index (χ3n) is 3.18. The van der Waals surface area contributed by atoms with Gasteiger partial charge < -0.3 is 14.6 Å². The van der Waals surface area contributed by atoms with Crippen LogP contribution in [-0.4, -0.2) is 28.8 Å². The van der Waals surface area contributed by atoms with Crippen LogP contribution in [0.2, 0.25) is 0 Å². The number of aryl methyl sites for hydroxylation is 1. The highest BCUT2D eigenvalue weighted by Gasteiger charge is 2.21. The molecule has 1 aromatic rings. The van der Waals surface area contributed by atoms with Gasteiger partial charge in [-0.3, -0.25) is 0 Å². The Morgan fingerprint density at radius 2 is 2.12 bits per heavy atom. The fourth-order valence-electron chi connectivity index (χ4n) is 2.31. The van der Waals surface area contributed by atoms with Gasteiger partial charge in [-0.25, -0.2) is 0 Å². The van der Waals surface area contributed by atoms with E-state index in [0.29, 0.717) is 30.5 Å². The third kappa shape index (κ3) is 3.78. The molecule has 5 heteroatoms. The van der Waals surface area contributed by atoms with Crippen molar-refractivity contribution in [3.8, 4) is 0 Å². The largest absolute Gasteiger partial charge is 0.370 e. The summed E-state index contributed by atoms with van der Waals surface area (Å²) in [6.07, 6.45) is 4.99. The first-order chi connectivity index (χ1) is 8.28. The van der Waals surface area contributed by atoms with Crippen molar-refractivity contribution in [2.24, 2.45) is 0 Å². The maximum absolute atomic E-state index is 5.80. The van der Waals surface area contributed by atoms with Gasteiger partial charge in [0.25, 0.3) is 0 Å². The van der Waals surface area contributed by atoms with E-state index in [1.807, 2.05) is 0 Å². The summed E-state index contributed by atoms with van der Waals surface area (Å²) in [6, 6.07) is 0.673. The lowest BCUT2D eigenvalue weighted by Gasteiger charge is -2.28. The Bertz CT molecular complexity index is 332. The van der Waals surface area contributed by atoms with Crippen molar-refractivity contribution in [2.75, 3.05) is 6.54 Å². The molecule has 1 saturated carbocycles. The number of rotatable bonds is 5. The normalized spacial score (nSPS) is 25.1. The summed E-state index contributed by atoms with van der Waals surface area (Å²) < 4.78 is 10.7. The number of nitrogens with zero attached hydrogens (tertiary/aromatic N) is 2. The Balaban J connectivity index is 1.68. The molecule has 2 rings (SSSR count). The minimum Gasteiger partial charge on any atom is -0.370 e. The molecule has 0 saturated heterocycles. The van der Waals surface area contributed by atoms with Crippen molar-refractivity contribution in [1.29, 1.82) is 0 Å². The molecule has 1 aliphatic rings. The molecule has 5 nitrogen and oxygen atoms in total. The zero-order valence-electron chi connectivity index (χ0n) is 10.6. The van der Waals surface area contributed by atoms with E-state index in [2.05, 4.69) is 22.4 Å². The van der Waals surface area contributed by atoms with Crippen LogP contribution in [0.15, 0.2) is 4.52 Å². The predicted octanol–water partition coefficient (Wildman–Crippen LogP) is 1.82. The Morgan fingerprint density at radius 1 is 1.35 bits per heavy atom. The number of aromatic nitrogens is 2. The molecule has 1 N–H and O–H groups in total. The number of ether oxygens (including phenoxy) is 1. The van der Waals surface area contributed by atoms with Crippen LogP contribution in [0.1, 0.15) is 44.3 Å². The second-order valence-electron chi connectivity index (χ2n) is 4.57. The number of hydrogen-bond acceptors (Lipinski definition) is 5. The molecule has 0 spiro atoms. The van der Waals surface area contributed by atoms with Crippen LogP contribution in [0.4, 0.5) is 0 Å². The molecule has 0 aliphatic heterocycles. The Labute approximate surface area is 102 Å². The molecule has 96 valence electrons. The van der Waals surface area contributed by atoms with E-state index < -0.39 is 0 Å². The minimum atomic E-state index is 0.351. The van der Waals surface area contributed by atoms with Crippen LogP contribution >= 0.6 is 0 Å². The van der Waals surface area contributed by atoms with E-state index in [1.165, 1.54) is 12.8 Å². The van der Waals surface area contributed by atoms with Gasteiger partial charge in [-0.2, -0.15) is 4.98 Å². The van der Waals surface area contributed by atoms with Gasteiger partial charge in [-0.05, 0) is 32.2 Å². The molecule has 0 radical (unpaired) electrons. The second kappa shape index (κ2) is 6.12. The predicted molar refractivity (Wildman–Crippen MR) is 63.5 cm³/mol. The first-order valence-electron chi connectivity index (χ1n) is 6.42. The second-order valence-corrected chi connectivity index (χ2v) is 4.57. The SMILES string of the molecule is CCNC1CCC(OCc2noc(C)n2)CC1. The van der Waals surface area contributed by atoms with Gasteiger partial charge in [-0.1, -0.05) is 12.1 Å². The van der Waals surface area contributed by atoms with Gasteiger partial charge >= 0.3 is 0 Å². The van der Waals surface area contributed by atoms with Crippen molar-refractivity contribution >= 4 is 0 Å². The summed E-state index contributed by atoms with van der Waals surface area (Å²) in [5.74, 6) is 1.25. The summed E-state index contributed by atoms with van der Waals surface area (Å²) in [5.41, 5.74) is 0. The molecule has 1 aromatic heterocycles. The number of hydrogen-bond donors (Lipinski definition) is 1. The lowest BCUT2D eigenvalue weighted by atomic mass is 9.93. The van der Waals surface area contributed by atoms with Gasteiger partial charge in [0.1, 0.15) is 6.61 Å². The van der Waals surface area contributed by atoms with Crippen LogP contribution in [0.3, 0.4) is 0 Å². The van der Waals surface area contributed by atoms with Crippen LogP contribution in [0.25, 0.3) is 0 Å². The Kier molecular flexibility index (Phi) is 4.50. The van der Waals surface area contributed by atoms with Crippen LogP contribution in [0, 0.1) is 6.92 Å². The molecule has 0 unspecified atom stereocenters. The maximum Gasteiger partial charge on any atom is 0.223 e. The van der Waals surface area contributed by atoms with Crippen molar-refractivity contribution in [1.82, 2.24) is 15.5 Å². The van der Waals surface area contributed by atoms with E-state index in [-0.39, 0.29) is 0 Å². The zero-order chi connectivity index (χ0) is 12.1. The zero-order valence-corrected chi connectivity index (χ0v) is 10.6. The quantitative estimate of drug-likeness (QED) is 0.849. The maximum atomic E-state index is 5.80. The molecule has 1 aliphatic carbocycles. The van der Waals surface area contributed by atoms with E-state index in [0.717, 1.165) is 19.4 Å². The molecule has 0 aromatic carbocycles. The van der Waals surface area contributed by atoms with Gasteiger partial charge in [0.15, 0.2) is 5.82 Å². The molecule has 0 bridgehead atoms. The molecule has 1 heterocycles. The van der Waals surface area contributed by atoms with E-state index >= 15 is 0 Å². The molecule has 0 amide bonds. The Morgan fingerprint density at radius 3 is 2.71 bits per heavy atom. The first-order valence-corrected chi connectivity index (χ1v) is 6.42. The van der Waals surface area contributed by atoms with Crippen LogP contribution in [0.5, 0.6) is 0 Å². The Hall–Kier alpha value is -0.940. The summed E-state index contributed by atoms with van der Waals surface area (Å²) in [7, 11) is 0. The number of nitrogens with one attached hydrogen (secondary N) is 1. The first kappa shape index (κ1) is 12.5. The topological polar surface area (TPSA) is 60.2 Å². The molecular weight excluding hydrogens is 218 g/mol. The third-order valence-corrected chi connectivity index (χ3v) is 3.18. The molecule has 0 atom stereocenters. The molecular formula is C12H21N3O2. The van der Waals surface area contributed by atoms with Crippen molar-refractivity contribution < 1.29 is 9.26 Å². The van der Waals surface area contributed by atoms with Gasteiger partial charge in [0.05, 0.1) is 6.10 Å². The van der Waals surface area contributed by atoms with Crippen molar-refractivity contribution in [3.63, 3.8) is 0 Å². The van der Waals surface area contributed by atoms with Gasteiger partial charge in [0, 0.05) is 13.0 Å². The lowest BCUT2D eigenvalue weighted by molar-refractivity contribution is 0.00755. The lowest BCUT2D eigenvalue weighted by Crippen LogP contribution is -2.35. The monoisotopic (exact) mass is 239 g/mol. The van der Waals surface area contributed by atoms with Crippen LogP contribution in [-0.2, 0) is 11.3 Å². The van der Waals surface area contributed by atoms with E-state index in [4.69, 9.17) is 9.26 Å². The smallest absolute Gasteiger partial charge is 0.223 e. The highest BCUT2D eigenvalue weighted by molar-refractivity contribution is 4.82. The summed E-state index contributed by atoms with van der Waals surface area (Å²) >= 11 is 0. The van der Waals surface area contributed by atoms with Crippen LogP contribution < -0.4 is 5.32 Å².